The number of nitrogens with zero attached hydrogens (tertiary/aromatic N) is 4. The monoisotopic (exact) mass is 566 g/mol. The van der Waals surface area contributed by atoms with Gasteiger partial charge in [-0.1, -0.05) is 23.8 Å². The first kappa shape index (κ1) is 30.4. The highest BCUT2D eigenvalue weighted by Crippen LogP contribution is 2.29. The van der Waals surface area contributed by atoms with E-state index in [1.54, 1.807) is 12.0 Å². The Balaban J connectivity index is 1.43. The number of carbonyl (C=O) groups is 1. The van der Waals surface area contributed by atoms with Crippen molar-refractivity contribution in [3.8, 4) is 17.2 Å². The third-order valence-corrected chi connectivity index (χ3v) is 7.02. The smallest absolute Gasteiger partial charge is 0.248 e. The fraction of sp³-hybridized carbons (Fsp3) is 0.484. The molecule has 0 saturated carbocycles. The number of ether oxygens (including phenoxy) is 4. The van der Waals surface area contributed by atoms with Gasteiger partial charge in [-0.25, -0.2) is 0 Å². The van der Waals surface area contributed by atoms with Crippen LogP contribution in [0.3, 0.4) is 0 Å². The number of benzene rings is 2. The van der Waals surface area contributed by atoms with Crippen molar-refractivity contribution < 1.29 is 28.8 Å². The van der Waals surface area contributed by atoms with Crippen molar-refractivity contribution in [3.05, 3.63) is 71.5 Å². The first-order chi connectivity index (χ1) is 19.8. The molecule has 1 aromatic heterocycles. The zero-order valence-electron chi connectivity index (χ0n) is 24.5. The highest BCUT2D eigenvalue weighted by molar-refractivity contribution is 5.77. The van der Waals surface area contributed by atoms with Gasteiger partial charge < -0.3 is 29.0 Å². The van der Waals surface area contributed by atoms with Crippen molar-refractivity contribution in [2.45, 2.75) is 39.0 Å². The summed E-state index contributed by atoms with van der Waals surface area (Å²) in [4.78, 5) is 16.5. The minimum atomic E-state index is -1.28. The first-order valence-electron chi connectivity index (χ1n) is 14.0. The average Bonchev–Trinajstić information content (AvgIpc) is 3.29. The molecular formula is C31H42N4O6. The van der Waals surface area contributed by atoms with Gasteiger partial charge in [0.1, 0.15) is 24.6 Å². The van der Waals surface area contributed by atoms with E-state index in [1.165, 1.54) is 7.11 Å². The lowest BCUT2D eigenvalue weighted by Gasteiger charge is -2.33. The second-order valence-electron chi connectivity index (χ2n) is 10.8. The van der Waals surface area contributed by atoms with Crippen molar-refractivity contribution in [2.24, 2.45) is 0 Å². The van der Waals surface area contributed by atoms with E-state index in [4.69, 9.17) is 18.9 Å². The maximum atomic E-state index is 12.7. The number of aromatic nitrogens is 2. The van der Waals surface area contributed by atoms with Crippen LogP contribution in [0.15, 0.2) is 54.9 Å². The standard InChI is InChI=1S/C31H42N4O6/c1-24-6-9-27(10-7-24)41-23-31(37)21-33(13-14-34(22-31)30(36)20-38-3)19-26-8-11-28(39-4)29(16-26)40-15-5-12-35-18-25(2)17-32-35/h6-11,16-18,37H,5,12-15,19-23H2,1-4H3/t31-/m1/s1. The number of methoxy groups -OCH3 is 2. The molecule has 10 heteroatoms. The SMILES string of the molecule is COCC(=O)N1CCN(Cc2ccc(OC)c(OCCCn3cc(C)cn3)c2)C[C@](O)(COc2ccc(C)cc2)C1. The largest absolute Gasteiger partial charge is 0.493 e. The summed E-state index contributed by atoms with van der Waals surface area (Å²) < 4.78 is 24.6. The van der Waals surface area contributed by atoms with Crippen LogP contribution in [0.25, 0.3) is 0 Å². The minimum Gasteiger partial charge on any atom is -0.493 e. The lowest BCUT2D eigenvalue weighted by Crippen LogP contribution is -2.52. The highest BCUT2D eigenvalue weighted by Gasteiger charge is 2.37. The molecule has 0 spiro atoms. The van der Waals surface area contributed by atoms with E-state index in [0.29, 0.717) is 50.0 Å². The summed E-state index contributed by atoms with van der Waals surface area (Å²) in [5.41, 5.74) is 2.00. The van der Waals surface area contributed by atoms with Crippen molar-refractivity contribution in [3.63, 3.8) is 0 Å². The lowest BCUT2D eigenvalue weighted by molar-refractivity contribution is -0.138. The average molecular weight is 567 g/mol. The number of carbonyl (C=O) groups excluding carboxylic acids is 1. The van der Waals surface area contributed by atoms with E-state index in [2.05, 4.69) is 10.00 Å². The normalized spacial score (nSPS) is 17.7. The molecule has 1 aliphatic rings. The molecule has 3 aromatic rings. The molecule has 0 radical (unpaired) electrons. The van der Waals surface area contributed by atoms with E-state index >= 15 is 0 Å². The molecule has 2 aromatic carbocycles. The summed E-state index contributed by atoms with van der Waals surface area (Å²) in [6.07, 6.45) is 4.66. The van der Waals surface area contributed by atoms with E-state index < -0.39 is 5.60 Å². The zero-order valence-corrected chi connectivity index (χ0v) is 24.5. The molecule has 1 atom stereocenters. The Labute approximate surface area is 242 Å². The lowest BCUT2D eigenvalue weighted by atomic mass is 10.0. The van der Waals surface area contributed by atoms with Crippen molar-refractivity contribution in [1.29, 1.82) is 0 Å². The van der Waals surface area contributed by atoms with Gasteiger partial charge in [0, 0.05) is 52.5 Å². The number of rotatable bonds is 13. The van der Waals surface area contributed by atoms with Crippen molar-refractivity contribution >= 4 is 5.91 Å². The van der Waals surface area contributed by atoms with Gasteiger partial charge in [0.15, 0.2) is 11.5 Å². The molecule has 1 N–H and O–H groups in total. The van der Waals surface area contributed by atoms with Gasteiger partial charge in [-0.05, 0) is 49.2 Å². The number of amides is 1. The molecule has 4 rings (SSSR count). The quantitative estimate of drug-likeness (QED) is 0.315. The Morgan fingerprint density at radius 1 is 1.00 bits per heavy atom. The molecule has 0 unspecified atom stereocenters. The molecule has 10 nitrogen and oxygen atoms in total. The Kier molecular flexibility index (Phi) is 10.6. The number of aliphatic hydroxyl groups is 1. The fourth-order valence-electron chi connectivity index (χ4n) is 4.94. The molecule has 1 aliphatic heterocycles. The van der Waals surface area contributed by atoms with Crippen LogP contribution < -0.4 is 14.2 Å². The molecule has 1 saturated heterocycles. The van der Waals surface area contributed by atoms with Crippen molar-refractivity contribution in [2.75, 3.05) is 60.2 Å². The van der Waals surface area contributed by atoms with Crippen LogP contribution >= 0.6 is 0 Å². The summed E-state index contributed by atoms with van der Waals surface area (Å²) >= 11 is 0. The minimum absolute atomic E-state index is 0.0336. The Morgan fingerprint density at radius 2 is 1.80 bits per heavy atom. The molecule has 1 amide bonds. The van der Waals surface area contributed by atoms with Crippen LogP contribution in [-0.4, -0.2) is 96.4 Å². The topological polar surface area (TPSA) is 98.5 Å². The van der Waals surface area contributed by atoms with E-state index in [1.807, 2.05) is 73.4 Å². The van der Waals surface area contributed by atoms with E-state index in [9.17, 15) is 9.90 Å². The van der Waals surface area contributed by atoms with Gasteiger partial charge in [-0.2, -0.15) is 5.10 Å². The van der Waals surface area contributed by atoms with Crippen LogP contribution in [-0.2, 0) is 22.6 Å². The van der Waals surface area contributed by atoms with E-state index in [0.717, 1.165) is 29.7 Å². The van der Waals surface area contributed by atoms with Crippen LogP contribution in [0, 0.1) is 13.8 Å². The van der Waals surface area contributed by atoms with Crippen LogP contribution in [0.5, 0.6) is 17.2 Å². The van der Waals surface area contributed by atoms with Gasteiger partial charge in [0.05, 0.1) is 26.5 Å². The second kappa shape index (κ2) is 14.3. The molecule has 41 heavy (non-hydrogen) atoms. The number of hydrogen-bond acceptors (Lipinski definition) is 8. The molecule has 2 heterocycles. The van der Waals surface area contributed by atoms with Crippen LogP contribution in [0.2, 0.25) is 0 Å². The third kappa shape index (κ3) is 8.94. The molecular weight excluding hydrogens is 524 g/mol. The third-order valence-electron chi connectivity index (χ3n) is 7.02. The summed E-state index contributed by atoms with van der Waals surface area (Å²) in [5, 5.41) is 16.0. The van der Waals surface area contributed by atoms with Gasteiger partial charge in [0.25, 0.3) is 0 Å². The Morgan fingerprint density at radius 3 is 2.51 bits per heavy atom. The predicted molar refractivity (Wildman–Crippen MR) is 155 cm³/mol. The number of hydrogen-bond donors (Lipinski definition) is 1. The van der Waals surface area contributed by atoms with Gasteiger partial charge in [-0.15, -0.1) is 0 Å². The molecule has 0 bridgehead atoms. The molecule has 0 aliphatic carbocycles. The number of β-amino-alcohol motifs (C(OH)–C–C–N with tert-alkyl or cyclic N) is 1. The fourth-order valence-corrected chi connectivity index (χ4v) is 4.94. The maximum absolute atomic E-state index is 12.7. The highest BCUT2D eigenvalue weighted by atomic mass is 16.5. The van der Waals surface area contributed by atoms with Crippen LogP contribution in [0.1, 0.15) is 23.1 Å². The van der Waals surface area contributed by atoms with Gasteiger partial charge in [-0.3, -0.25) is 14.4 Å². The summed E-state index contributed by atoms with van der Waals surface area (Å²) in [5.74, 6) is 1.85. The molecule has 222 valence electrons. The predicted octanol–water partition coefficient (Wildman–Crippen LogP) is 3.08. The zero-order chi connectivity index (χ0) is 29.2. The summed E-state index contributed by atoms with van der Waals surface area (Å²) in [6, 6.07) is 13.6. The summed E-state index contributed by atoms with van der Waals surface area (Å²) in [7, 11) is 3.12. The van der Waals surface area contributed by atoms with Gasteiger partial charge in [0.2, 0.25) is 5.91 Å². The number of aryl methyl sites for hydroxylation is 3. The Hall–Kier alpha value is -3.60. The second-order valence-corrected chi connectivity index (χ2v) is 10.8. The molecule has 1 fully saturated rings. The van der Waals surface area contributed by atoms with Gasteiger partial charge >= 0.3 is 0 Å². The van der Waals surface area contributed by atoms with Crippen molar-refractivity contribution in [1.82, 2.24) is 19.6 Å². The van der Waals surface area contributed by atoms with Crippen LogP contribution in [0.4, 0.5) is 0 Å². The van der Waals surface area contributed by atoms with E-state index in [-0.39, 0.29) is 25.7 Å². The Bertz CT molecular complexity index is 1260. The maximum Gasteiger partial charge on any atom is 0.248 e. The summed E-state index contributed by atoms with van der Waals surface area (Å²) in [6.45, 7) is 7.46. The first-order valence-corrected chi connectivity index (χ1v) is 14.0.